The number of carboxylic acids is 1. The molecule has 0 aliphatic heterocycles. The van der Waals surface area contributed by atoms with Crippen molar-refractivity contribution >= 4 is 35.5 Å². The third-order valence-electron chi connectivity index (χ3n) is 5.66. The van der Waals surface area contributed by atoms with Crippen LogP contribution < -0.4 is 32.7 Å². The van der Waals surface area contributed by atoms with Gasteiger partial charge in [-0.25, -0.2) is 4.79 Å². The van der Waals surface area contributed by atoms with Crippen molar-refractivity contribution in [3.05, 3.63) is 0 Å². The minimum Gasteiger partial charge on any atom is -0.480 e. The highest BCUT2D eigenvalue weighted by Gasteiger charge is 2.33. The molecular weight excluding hydrogens is 500 g/mol. The van der Waals surface area contributed by atoms with Crippen LogP contribution in [0.1, 0.15) is 60.8 Å². The Hall–Kier alpha value is -3.26. The highest BCUT2D eigenvalue weighted by Crippen LogP contribution is 2.10. The van der Waals surface area contributed by atoms with E-state index in [4.69, 9.17) is 16.6 Å². The van der Waals surface area contributed by atoms with E-state index < -0.39 is 84.2 Å². The molecule has 0 aromatic carbocycles. The molecule has 5 atom stereocenters. The fourth-order valence-corrected chi connectivity index (χ4v) is 3.44. The molecule has 0 bridgehead atoms. The lowest BCUT2D eigenvalue weighted by Gasteiger charge is -2.28. The number of nitrogens with two attached hydrogens (primary N) is 2. The molecule has 218 valence electrons. The van der Waals surface area contributed by atoms with Gasteiger partial charge in [0.1, 0.15) is 30.2 Å². The molecule has 0 aliphatic carbocycles. The molecule has 0 unspecified atom stereocenters. The average Bonchev–Trinajstić information content (AvgIpc) is 2.80. The van der Waals surface area contributed by atoms with Gasteiger partial charge < -0.3 is 42.9 Å². The normalized spacial score (nSPS) is 15.2. The summed E-state index contributed by atoms with van der Waals surface area (Å²) in [4.78, 5) is 74.1. The zero-order valence-electron chi connectivity index (χ0n) is 22.9. The van der Waals surface area contributed by atoms with Gasteiger partial charge in [-0.15, -0.1) is 0 Å². The molecule has 0 aliphatic rings. The van der Waals surface area contributed by atoms with Crippen LogP contribution in [0.4, 0.5) is 0 Å². The standard InChI is InChI=1S/C24H44N6O8/c1-11(2)9-16(28-23(36)18(12(3)4)29-20(33)14(25)10-31)22(35)27-15(7-8-17(26)32)21(34)30-19(13(5)6)24(37)38/h11-16,18-19,31H,7-10,25H2,1-6H3,(H2,26,32)(H,27,35)(H,28,36)(H,29,33)(H,30,34)(H,37,38)/t14-,15-,16-,18-,19-/m0/s1. The van der Waals surface area contributed by atoms with E-state index >= 15 is 0 Å². The Balaban J connectivity index is 5.83. The van der Waals surface area contributed by atoms with Crippen molar-refractivity contribution in [2.24, 2.45) is 29.2 Å². The van der Waals surface area contributed by atoms with Crippen molar-refractivity contribution in [3.63, 3.8) is 0 Å². The van der Waals surface area contributed by atoms with Crippen molar-refractivity contribution < 1.29 is 39.0 Å². The number of nitrogens with one attached hydrogen (secondary N) is 4. The van der Waals surface area contributed by atoms with Gasteiger partial charge in [-0.1, -0.05) is 41.5 Å². The van der Waals surface area contributed by atoms with Crippen molar-refractivity contribution in [2.45, 2.75) is 91.0 Å². The molecule has 10 N–H and O–H groups in total. The minimum atomic E-state index is -1.30. The second-order valence-electron chi connectivity index (χ2n) is 10.3. The maximum atomic E-state index is 13.2. The van der Waals surface area contributed by atoms with Gasteiger partial charge in [-0.05, 0) is 30.6 Å². The van der Waals surface area contributed by atoms with E-state index in [1.54, 1.807) is 27.7 Å². The number of amides is 5. The Morgan fingerprint density at radius 1 is 0.711 bits per heavy atom. The molecule has 38 heavy (non-hydrogen) atoms. The molecule has 0 radical (unpaired) electrons. The van der Waals surface area contributed by atoms with Crippen LogP contribution in [-0.2, 0) is 28.8 Å². The number of hydrogen-bond acceptors (Lipinski definition) is 8. The van der Waals surface area contributed by atoms with Gasteiger partial charge in [0.2, 0.25) is 29.5 Å². The van der Waals surface area contributed by atoms with Gasteiger partial charge in [0, 0.05) is 6.42 Å². The van der Waals surface area contributed by atoms with Crippen LogP contribution in [0.15, 0.2) is 0 Å². The second kappa shape index (κ2) is 16.6. The highest BCUT2D eigenvalue weighted by atomic mass is 16.4. The fraction of sp³-hybridized carbons (Fsp3) is 0.750. The van der Waals surface area contributed by atoms with E-state index in [1.807, 2.05) is 13.8 Å². The molecule has 0 heterocycles. The molecule has 0 aromatic heterocycles. The number of rotatable bonds is 17. The number of aliphatic carboxylic acids is 1. The number of carbonyl (C=O) groups excluding carboxylic acids is 5. The predicted molar refractivity (Wildman–Crippen MR) is 138 cm³/mol. The lowest BCUT2D eigenvalue weighted by atomic mass is 9.99. The molecule has 5 amide bonds. The molecule has 0 aromatic rings. The topological polar surface area (TPSA) is 243 Å². The van der Waals surface area contributed by atoms with Crippen molar-refractivity contribution in [2.75, 3.05) is 6.61 Å². The van der Waals surface area contributed by atoms with Crippen LogP contribution in [-0.4, -0.2) is 82.5 Å². The van der Waals surface area contributed by atoms with Crippen LogP contribution in [0, 0.1) is 17.8 Å². The summed E-state index contributed by atoms with van der Waals surface area (Å²) < 4.78 is 0. The van der Waals surface area contributed by atoms with Crippen molar-refractivity contribution in [1.29, 1.82) is 0 Å². The number of carboxylic acid groups (broad SMARTS) is 1. The second-order valence-corrected chi connectivity index (χ2v) is 10.3. The highest BCUT2D eigenvalue weighted by molar-refractivity contribution is 5.95. The zero-order chi connectivity index (χ0) is 29.7. The number of carbonyl (C=O) groups is 6. The first-order valence-electron chi connectivity index (χ1n) is 12.6. The van der Waals surface area contributed by atoms with Gasteiger partial charge in [0.05, 0.1) is 6.61 Å². The first-order chi connectivity index (χ1) is 17.5. The fourth-order valence-electron chi connectivity index (χ4n) is 3.44. The summed E-state index contributed by atoms with van der Waals surface area (Å²) in [7, 11) is 0. The Labute approximate surface area is 223 Å². The molecule has 0 fully saturated rings. The summed E-state index contributed by atoms with van der Waals surface area (Å²) in [6, 6.07) is -5.97. The molecule has 14 heteroatoms. The van der Waals surface area contributed by atoms with E-state index in [9.17, 15) is 33.9 Å². The predicted octanol–water partition coefficient (Wildman–Crippen LogP) is -2.05. The van der Waals surface area contributed by atoms with Crippen LogP contribution in [0.25, 0.3) is 0 Å². The van der Waals surface area contributed by atoms with Gasteiger partial charge in [0.25, 0.3) is 0 Å². The summed E-state index contributed by atoms with van der Waals surface area (Å²) in [6.45, 7) is 9.54. The van der Waals surface area contributed by atoms with Crippen LogP contribution >= 0.6 is 0 Å². The van der Waals surface area contributed by atoms with Crippen LogP contribution in [0.2, 0.25) is 0 Å². The van der Waals surface area contributed by atoms with Gasteiger partial charge in [-0.3, -0.25) is 24.0 Å². The zero-order valence-corrected chi connectivity index (χ0v) is 22.9. The van der Waals surface area contributed by atoms with E-state index in [0.717, 1.165) is 0 Å². The van der Waals surface area contributed by atoms with E-state index in [1.165, 1.54) is 0 Å². The quantitative estimate of drug-likeness (QED) is 0.100. The van der Waals surface area contributed by atoms with Crippen LogP contribution in [0.3, 0.4) is 0 Å². The van der Waals surface area contributed by atoms with Crippen molar-refractivity contribution in [3.8, 4) is 0 Å². The summed E-state index contributed by atoms with van der Waals surface area (Å²) >= 11 is 0. The summed E-state index contributed by atoms with van der Waals surface area (Å²) in [5.74, 6) is -5.90. The first-order valence-corrected chi connectivity index (χ1v) is 12.6. The van der Waals surface area contributed by atoms with Gasteiger partial charge in [-0.2, -0.15) is 0 Å². The van der Waals surface area contributed by atoms with E-state index in [2.05, 4.69) is 21.3 Å². The van der Waals surface area contributed by atoms with Gasteiger partial charge >= 0.3 is 5.97 Å². The molecule has 0 saturated heterocycles. The van der Waals surface area contributed by atoms with E-state index in [0.29, 0.717) is 0 Å². The average molecular weight is 545 g/mol. The van der Waals surface area contributed by atoms with Crippen LogP contribution in [0.5, 0.6) is 0 Å². The number of hydrogen-bond donors (Lipinski definition) is 8. The lowest BCUT2D eigenvalue weighted by molar-refractivity contribution is -0.143. The Bertz CT molecular complexity index is 848. The number of aliphatic hydroxyl groups is 1. The molecular formula is C24H44N6O8. The third-order valence-corrected chi connectivity index (χ3v) is 5.66. The van der Waals surface area contributed by atoms with Crippen molar-refractivity contribution in [1.82, 2.24) is 21.3 Å². The summed E-state index contributed by atoms with van der Waals surface area (Å²) in [5, 5.41) is 28.4. The Kier molecular flexibility index (Phi) is 15.1. The molecule has 14 nitrogen and oxygen atoms in total. The monoisotopic (exact) mass is 544 g/mol. The molecule has 0 saturated carbocycles. The molecule has 0 rings (SSSR count). The first kappa shape index (κ1) is 34.7. The summed E-state index contributed by atoms with van der Waals surface area (Å²) in [5.41, 5.74) is 10.7. The Morgan fingerprint density at radius 2 is 1.18 bits per heavy atom. The number of aliphatic hydroxyl groups excluding tert-OH is 1. The smallest absolute Gasteiger partial charge is 0.326 e. The van der Waals surface area contributed by atoms with E-state index in [-0.39, 0.29) is 25.2 Å². The number of primary amides is 1. The Morgan fingerprint density at radius 3 is 1.61 bits per heavy atom. The SMILES string of the molecule is CC(C)C[C@H](NC(=O)[C@@H](NC(=O)[C@@H](N)CO)C(C)C)C(=O)N[C@@H](CCC(N)=O)C(=O)N[C@H](C(=O)O)C(C)C. The minimum absolute atomic E-state index is 0.0730. The maximum Gasteiger partial charge on any atom is 0.326 e. The molecule has 0 spiro atoms. The third kappa shape index (κ3) is 12.3. The summed E-state index contributed by atoms with van der Waals surface area (Å²) in [6.07, 6.45) is -0.282. The largest absolute Gasteiger partial charge is 0.480 e. The van der Waals surface area contributed by atoms with Gasteiger partial charge in [0.15, 0.2) is 0 Å². The lowest BCUT2D eigenvalue weighted by Crippen LogP contribution is -2.60. The maximum absolute atomic E-state index is 13.2.